The molecule has 0 spiro atoms. The van der Waals surface area contributed by atoms with Crippen molar-refractivity contribution in [2.24, 2.45) is 0 Å². The highest BCUT2D eigenvalue weighted by Crippen LogP contribution is 2.17. The highest BCUT2D eigenvalue weighted by Gasteiger charge is 2.22. The van der Waals surface area contributed by atoms with Crippen LogP contribution in [0.2, 0.25) is 0 Å². The Hall–Kier alpha value is -5.35. The Labute approximate surface area is 558 Å². The molecule has 91 heavy (non-hydrogen) atoms. The van der Waals surface area contributed by atoms with Crippen molar-refractivity contribution in [3.63, 3.8) is 0 Å². The summed E-state index contributed by atoms with van der Waals surface area (Å²) in [5, 5.41) is 11.8. The highest BCUT2D eigenvalue weighted by molar-refractivity contribution is 5.70. The van der Waals surface area contributed by atoms with Crippen LogP contribution in [-0.4, -0.2) is 82.3 Å². The first-order valence-electron chi connectivity index (χ1n) is 36.3. The minimum absolute atomic E-state index is 0.135. The number of aliphatic carboxylic acids is 1. The summed E-state index contributed by atoms with van der Waals surface area (Å²) >= 11 is 0. The first-order valence-corrected chi connectivity index (χ1v) is 36.3. The predicted octanol–water partition coefficient (Wildman–Crippen LogP) is 21.7. The van der Waals surface area contributed by atoms with Crippen LogP contribution in [0, 0.1) is 0 Å². The molecule has 0 aromatic carbocycles. The van der Waals surface area contributed by atoms with E-state index in [-0.39, 0.29) is 32.7 Å². The van der Waals surface area contributed by atoms with Crippen LogP contribution in [0.3, 0.4) is 0 Å². The van der Waals surface area contributed by atoms with Gasteiger partial charge in [-0.3, -0.25) is 9.59 Å². The van der Waals surface area contributed by atoms with Gasteiger partial charge < -0.3 is 33.3 Å². The second-order valence-electron chi connectivity index (χ2n) is 24.8. The maximum absolute atomic E-state index is 12.9. The standard InChI is InChI=1S/C82H133NO8/c1-6-8-10-12-14-16-18-20-22-24-26-28-30-32-33-34-35-36-37-38-39-40-41-42-43-44-45-46-47-49-51-53-55-57-59-61-63-65-67-69-71-73-80(85)91-78(77-90-82(81(86)87)88-75-74-83(3,4)5)76-89-79(84)72-70-68-66-64-62-60-58-56-54-52-50-48-31-29-27-25-23-21-19-17-15-13-11-9-7-2/h8-11,14-17,20-23,26-29,32-33,35-36,38-39,48,50,54,56,60,62,78,82H,6-7,12-13,18-19,24-25,30-31,34,37,40-47,49,51-53,55,57-59,61,63-77H2,1-5H3/b10-8-,11-9-,16-14-,17-15-,22-20-,23-21-,28-26-,29-27-,33-32-,36-35-,39-38-,50-48-,56-54-,62-60-. The van der Waals surface area contributed by atoms with E-state index in [0.29, 0.717) is 23.9 Å². The molecule has 0 aliphatic carbocycles. The second-order valence-corrected chi connectivity index (χ2v) is 24.8. The van der Waals surface area contributed by atoms with E-state index in [1.54, 1.807) is 0 Å². The number of unbranched alkanes of at least 4 members (excludes halogenated alkanes) is 22. The van der Waals surface area contributed by atoms with E-state index in [0.717, 1.165) is 128 Å². The Morgan fingerprint density at radius 2 is 0.593 bits per heavy atom. The van der Waals surface area contributed by atoms with Crippen LogP contribution in [0.15, 0.2) is 170 Å². The fourth-order valence-corrected chi connectivity index (χ4v) is 9.50. The van der Waals surface area contributed by atoms with Gasteiger partial charge >= 0.3 is 11.9 Å². The number of esters is 2. The van der Waals surface area contributed by atoms with Crippen LogP contribution in [0.25, 0.3) is 0 Å². The molecule has 0 amide bonds. The Bertz CT molecular complexity index is 2100. The third kappa shape index (κ3) is 71.9. The van der Waals surface area contributed by atoms with E-state index in [4.69, 9.17) is 18.9 Å². The van der Waals surface area contributed by atoms with Crippen molar-refractivity contribution < 1.29 is 42.9 Å². The number of rotatable bonds is 65. The van der Waals surface area contributed by atoms with Gasteiger partial charge in [-0.2, -0.15) is 0 Å². The van der Waals surface area contributed by atoms with Gasteiger partial charge in [-0.1, -0.05) is 300 Å². The van der Waals surface area contributed by atoms with Crippen molar-refractivity contribution in [1.82, 2.24) is 0 Å². The van der Waals surface area contributed by atoms with E-state index in [2.05, 4.69) is 184 Å². The van der Waals surface area contributed by atoms with Crippen molar-refractivity contribution in [3.05, 3.63) is 170 Å². The molecule has 9 heteroatoms. The first kappa shape index (κ1) is 85.7. The molecule has 0 heterocycles. The van der Waals surface area contributed by atoms with E-state index >= 15 is 0 Å². The molecule has 0 aromatic rings. The highest BCUT2D eigenvalue weighted by atomic mass is 16.7. The number of carboxylic acid groups (broad SMARTS) is 1. The topological polar surface area (TPSA) is 111 Å². The van der Waals surface area contributed by atoms with Gasteiger partial charge in [0.05, 0.1) is 40.3 Å². The average Bonchev–Trinajstić information content (AvgIpc) is 3.53. The lowest BCUT2D eigenvalue weighted by Gasteiger charge is -2.26. The minimum Gasteiger partial charge on any atom is -0.545 e. The van der Waals surface area contributed by atoms with Crippen LogP contribution in [0.1, 0.15) is 271 Å². The number of likely N-dealkylation sites (N-methyl/N-ethyl adjacent to an activating group) is 1. The molecule has 0 N–H and O–H groups in total. The summed E-state index contributed by atoms with van der Waals surface area (Å²) in [5.41, 5.74) is 0. The van der Waals surface area contributed by atoms with Gasteiger partial charge in [-0.05, 0) is 128 Å². The fourth-order valence-electron chi connectivity index (χ4n) is 9.50. The molecule has 0 aromatic heterocycles. The van der Waals surface area contributed by atoms with Crippen LogP contribution in [0.5, 0.6) is 0 Å². The molecular weight excluding hydrogens is 1130 g/mol. The molecule has 2 unspecified atom stereocenters. The molecule has 0 rings (SSSR count). The summed E-state index contributed by atoms with van der Waals surface area (Å²) in [5.74, 6) is -2.33. The Balaban J connectivity index is 4.12. The molecule has 0 fully saturated rings. The van der Waals surface area contributed by atoms with Gasteiger partial charge in [0.25, 0.3) is 0 Å². The molecule has 0 radical (unpaired) electrons. The SMILES string of the molecule is CC/C=C\C/C=C\C/C=C\C/C=C\C/C=C\C/C=C\C/C=C\CCCCCCCCCCCCCCCCCCCCCC(=O)OC(COC(=O)CCCCC/C=C\C/C=C\C/C=C\C/C=C\C/C=C\C/C=C\C/C=C\CC)COC(OCC[N+](C)(C)C)C(=O)[O-]. The largest absolute Gasteiger partial charge is 0.545 e. The molecule has 9 nitrogen and oxygen atoms in total. The second kappa shape index (κ2) is 70.5. The zero-order valence-electron chi connectivity index (χ0n) is 58.6. The summed E-state index contributed by atoms with van der Waals surface area (Å²) < 4.78 is 22.8. The Morgan fingerprint density at radius 1 is 0.330 bits per heavy atom. The van der Waals surface area contributed by atoms with Crippen LogP contribution >= 0.6 is 0 Å². The molecule has 0 saturated carbocycles. The molecule has 514 valence electrons. The van der Waals surface area contributed by atoms with Crippen molar-refractivity contribution in [2.45, 2.75) is 283 Å². The number of allylic oxidation sites excluding steroid dienone is 28. The summed E-state index contributed by atoms with van der Waals surface area (Å²) in [6.07, 6.45) is 103. The third-order valence-corrected chi connectivity index (χ3v) is 15.0. The van der Waals surface area contributed by atoms with Gasteiger partial charge in [0, 0.05) is 12.8 Å². The van der Waals surface area contributed by atoms with Crippen molar-refractivity contribution in [3.8, 4) is 0 Å². The Kier molecular flexibility index (Phi) is 66.4. The zero-order chi connectivity index (χ0) is 66.1. The zero-order valence-corrected chi connectivity index (χ0v) is 58.6. The third-order valence-electron chi connectivity index (χ3n) is 15.0. The summed E-state index contributed by atoms with van der Waals surface area (Å²) in [6.45, 7) is 4.48. The normalized spacial score (nSPS) is 13.7. The monoisotopic (exact) mass is 1260 g/mol. The number of quaternary nitrogens is 1. The number of carboxylic acids is 1. The van der Waals surface area contributed by atoms with Crippen LogP contribution in [-0.2, 0) is 33.3 Å². The first-order chi connectivity index (χ1) is 44.6. The van der Waals surface area contributed by atoms with Gasteiger partial charge in [-0.15, -0.1) is 0 Å². The molecule has 0 aliphatic heterocycles. The fraction of sp³-hybridized carbons (Fsp3) is 0.622. The number of hydrogen-bond donors (Lipinski definition) is 0. The van der Waals surface area contributed by atoms with E-state index in [9.17, 15) is 19.5 Å². The quantitative estimate of drug-likeness (QED) is 0.0195. The van der Waals surface area contributed by atoms with Crippen LogP contribution in [0.4, 0.5) is 0 Å². The van der Waals surface area contributed by atoms with Gasteiger partial charge in [-0.25, -0.2) is 0 Å². The molecular formula is C82H133NO8. The Morgan fingerprint density at radius 3 is 0.890 bits per heavy atom. The lowest BCUT2D eigenvalue weighted by Crippen LogP contribution is -2.44. The van der Waals surface area contributed by atoms with E-state index in [1.165, 1.54) is 103 Å². The van der Waals surface area contributed by atoms with Crippen molar-refractivity contribution >= 4 is 17.9 Å². The van der Waals surface area contributed by atoms with Gasteiger partial charge in [0.2, 0.25) is 0 Å². The average molecular weight is 1260 g/mol. The van der Waals surface area contributed by atoms with E-state index in [1.807, 2.05) is 21.1 Å². The number of carbonyl (C=O) groups is 3. The summed E-state index contributed by atoms with van der Waals surface area (Å²) in [6, 6.07) is 0. The lowest BCUT2D eigenvalue weighted by molar-refractivity contribution is -0.870. The summed E-state index contributed by atoms with van der Waals surface area (Å²) in [7, 11) is 5.91. The van der Waals surface area contributed by atoms with Gasteiger partial charge in [0.15, 0.2) is 12.4 Å². The smallest absolute Gasteiger partial charge is 0.306 e. The minimum atomic E-state index is -1.64. The number of carbonyl (C=O) groups excluding carboxylic acids is 3. The molecule has 0 bridgehead atoms. The molecule has 0 aliphatic rings. The van der Waals surface area contributed by atoms with E-state index < -0.39 is 30.3 Å². The number of ether oxygens (including phenoxy) is 4. The predicted molar refractivity (Wildman–Crippen MR) is 388 cm³/mol. The summed E-state index contributed by atoms with van der Waals surface area (Å²) in [4.78, 5) is 37.5. The molecule has 2 atom stereocenters. The van der Waals surface area contributed by atoms with Crippen molar-refractivity contribution in [2.75, 3.05) is 47.5 Å². The maximum atomic E-state index is 12.9. The number of nitrogens with zero attached hydrogens (tertiary/aromatic N) is 1. The lowest BCUT2D eigenvalue weighted by atomic mass is 10.0. The maximum Gasteiger partial charge on any atom is 0.306 e. The molecule has 0 saturated heterocycles. The van der Waals surface area contributed by atoms with Gasteiger partial charge in [0.1, 0.15) is 13.2 Å². The van der Waals surface area contributed by atoms with Crippen molar-refractivity contribution in [1.29, 1.82) is 0 Å². The number of hydrogen-bond acceptors (Lipinski definition) is 8. The van der Waals surface area contributed by atoms with Crippen LogP contribution < -0.4 is 5.11 Å².